The first kappa shape index (κ1) is 13.7. The molecule has 1 rings (SSSR count). The molecule has 0 fully saturated rings. The standard InChI is InChI=1S/C13H19NO3/c1-3-17-9-8-14(2)10-11-6-4-5-7-12(11)13(15)16/h4-7H,3,8-10H2,1-2H3,(H,15,16). The normalized spacial score (nSPS) is 10.8. The van der Waals surface area contributed by atoms with Gasteiger partial charge in [0.25, 0.3) is 0 Å². The van der Waals surface area contributed by atoms with Crippen LogP contribution in [0.25, 0.3) is 0 Å². The van der Waals surface area contributed by atoms with Crippen LogP contribution >= 0.6 is 0 Å². The van der Waals surface area contributed by atoms with Gasteiger partial charge in [-0.25, -0.2) is 4.79 Å². The molecule has 0 aliphatic heterocycles. The summed E-state index contributed by atoms with van der Waals surface area (Å²) in [5, 5.41) is 9.05. The van der Waals surface area contributed by atoms with E-state index in [-0.39, 0.29) is 0 Å². The predicted molar refractivity (Wildman–Crippen MR) is 66.2 cm³/mol. The maximum atomic E-state index is 11.0. The summed E-state index contributed by atoms with van der Waals surface area (Å²) < 4.78 is 5.26. The minimum absolute atomic E-state index is 0.371. The van der Waals surface area contributed by atoms with Crippen molar-refractivity contribution < 1.29 is 14.6 Å². The third-order valence-electron chi connectivity index (χ3n) is 2.51. The summed E-state index contributed by atoms with van der Waals surface area (Å²) in [5.74, 6) is -0.876. The van der Waals surface area contributed by atoms with Gasteiger partial charge in [0.05, 0.1) is 12.2 Å². The van der Waals surface area contributed by atoms with E-state index in [1.54, 1.807) is 12.1 Å². The Morgan fingerprint density at radius 3 is 2.76 bits per heavy atom. The number of carboxylic acids is 1. The van der Waals surface area contributed by atoms with Gasteiger partial charge in [0, 0.05) is 19.7 Å². The van der Waals surface area contributed by atoms with Gasteiger partial charge in [-0.2, -0.15) is 0 Å². The van der Waals surface area contributed by atoms with E-state index in [1.807, 2.05) is 26.1 Å². The number of rotatable bonds is 7. The number of hydrogen-bond donors (Lipinski definition) is 1. The topological polar surface area (TPSA) is 49.8 Å². The molecule has 1 aromatic carbocycles. The first-order valence-corrected chi connectivity index (χ1v) is 5.72. The molecule has 0 radical (unpaired) electrons. The number of hydrogen-bond acceptors (Lipinski definition) is 3. The van der Waals surface area contributed by atoms with Gasteiger partial charge in [-0.05, 0) is 25.6 Å². The van der Waals surface area contributed by atoms with E-state index >= 15 is 0 Å². The van der Waals surface area contributed by atoms with Crippen LogP contribution < -0.4 is 0 Å². The lowest BCUT2D eigenvalue weighted by Gasteiger charge is -2.17. The largest absolute Gasteiger partial charge is 0.478 e. The van der Waals surface area contributed by atoms with E-state index in [2.05, 4.69) is 4.90 Å². The fourth-order valence-electron chi connectivity index (χ4n) is 1.60. The third kappa shape index (κ3) is 4.54. The lowest BCUT2D eigenvalue weighted by atomic mass is 10.1. The second-order valence-corrected chi connectivity index (χ2v) is 3.90. The Balaban J connectivity index is 2.58. The average molecular weight is 237 g/mol. The number of carbonyl (C=O) groups is 1. The molecule has 0 saturated heterocycles. The van der Waals surface area contributed by atoms with Crippen LogP contribution in [0.15, 0.2) is 24.3 Å². The molecule has 0 unspecified atom stereocenters. The molecule has 0 atom stereocenters. The van der Waals surface area contributed by atoms with Gasteiger partial charge in [-0.1, -0.05) is 18.2 Å². The van der Waals surface area contributed by atoms with Gasteiger partial charge in [0.15, 0.2) is 0 Å². The average Bonchev–Trinajstić information content (AvgIpc) is 2.29. The van der Waals surface area contributed by atoms with Gasteiger partial charge in [0.1, 0.15) is 0 Å². The van der Waals surface area contributed by atoms with Crippen LogP contribution in [0.1, 0.15) is 22.8 Å². The molecule has 0 bridgehead atoms. The van der Waals surface area contributed by atoms with Crippen LogP contribution in [-0.2, 0) is 11.3 Å². The van der Waals surface area contributed by atoms with E-state index in [1.165, 1.54) is 0 Å². The number of carboxylic acid groups (broad SMARTS) is 1. The molecule has 4 heteroatoms. The first-order chi connectivity index (χ1) is 8.15. The second-order valence-electron chi connectivity index (χ2n) is 3.90. The van der Waals surface area contributed by atoms with Crippen molar-refractivity contribution in [3.63, 3.8) is 0 Å². The Kier molecular flexibility index (Phi) is 5.66. The fraction of sp³-hybridized carbons (Fsp3) is 0.462. The highest BCUT2D eigenvalue weighted by atomic mass is 16.5. The Hall–Kier alpha value is -1.39. The minimum atomic E-state index is -0.876. The van der Waals surface area contributed by atoms with Crippen molar-refractivity contribution in [1.82, 2.24) is 4.90 Å². The number of benzene rings is 1. The zero-order chi connectivity index (χ0) is 12.7. The summed E-state index contributed by atoms with van der Waals surface area (Å²) in [6.07, 6.45) is 0. The molecule has 0 spiro atoms. The molecule has 94 valence electrons. The quantitative estimate of drug-likeness (QED) is 0.735. The summed E-state index contributed by atoms with van der Waals surface area (Å²) in [4.78, 5) is 13.1. The Labute approximate surface area is 102 Å². The zero-order valence-electron chi connectivity index (χ0n) is 10.3. The molecule has 0 aliphatic rings. The third-order valence-corrected chi connectivity index (χ3v) is 2.51. The summed E-state index contributed by atoms with van der Waals surface area (Å²) >= 11 is 0. The highest BCUT2D eigenvalue weighted by Gasteiger charge is 2.10. The van der Waals surface area contributed by atoms with Gasteiger partial charge in [0.2, 0.25) is 0 Å². The number of nitrogens with zero attached hydrogens (tertiary/aromatic N) is 1. The maximum absolute atomic E-state index is 11.0. The maximum Gasteiger partial charge on any atom is 0.336 e. The van der Waals surface area contributed by atoms with Crippen LogP contribution in [0.4, 0.5) is 0 Å². The molecule has 1 aromatic rings. The SMILES string of the molecule is CCOCCN(C)Cc1ccccc1C(=O)O. The Bertz CT molecular complexity index is 365. The molecular formula is C13H19NO3. The van der Waals surface area contributed by atoms with Crippen LogP contribution in [0.5, 0.6) is 0 Å². The highest BCUT2D eigenvalue weighted by Crippen LogP contribution is 2.10. The van der Waals surface area contributed by atoms with E-state index in [9.17, 15) is 4.79 Å². The minimum Gasteiger partial charge on any atom is -0.478 e. The molecule has 1 N–H and O–H groups in total. The van der Waals surface area contributed by atoms with E-state index in [0.29, 0.717) is 25.3 Å². The summed E-state index contributed by atoms with van der Waals surface area (Å²) in [5.41, 5.74) is 1.20. The van der Waals surface area contributed by atoms with Crippen molar-refractivity contribution in [2.75, 3.05) is 26.8 Å². The van der Waals surface area contributed by atoms with E-state index < -0.39 is 5.97 Å². The van der Waals surface area contributed by atoms with Gasteiger partial charge >= 0.3 is 5.97 Å². The number of likely N-dealkylation sites (N-methyl/N-ethyl adjacent to an activating group) is 1. The van der Waals surface area contributed by atoms with Gasteiger partial charge in [-0.15, -0.1) is 0 Å². The highest BCUT2D eigenvalue weighted by molar-refractivity contribution is 5.89. The van der Waals surface area contributed by atoms with Crippen LogP contribution in [0, 0.1) is 0 Å². The molecule has 0 aliphatic carbocycles. The second kappa shape index (κ2) is 7.04. The van der Waals surface area contributed by atoms with Crippen molar-refractivity contribution in [2.45, 2.75) is 13.5 Å². The Morgan fingerprint density at radius 2 is 2.12 bits per heavy atom. The lowest BCUT2D eigenvalue weighted by molar-refractivity contribution is 0.0694. The molecule has 0 aromatic heterocycles. The fourth-order valence-corrected chi connectivity index (χ4v) is 1.60. The zero-order valence-corrected chi connectivity index (χ0v) is 10.3. The van der Waals surface area contributed by atoms with Crippen LogP contribution in [0.2, 0.25) is 0 Å². The summed E-state index contributed by atoms with van der Waals surface area (Å²) in [6, 6.07) is 7.08. The van der Waals surface area contributed by atoms with Crippen molar-refractivity contribution >= 4 is 5.97 Å². The lowest BCUT2D eigenvalue weighted by Crippen LogP contribution is -2.23. The van der Waals surface area contributed by atoms with Crippen molar-refractivity contribution in [3.05, 3.63) is 35.4 Å². The van der Waals surface area contributed by atoms with Gasteiger partial charge < -0.3 is 9.84 Å². The number of aromatic carboxylic acids is 1. The van der Waals surface area contributed by atoms with Crippen molar-refractivity contribution in [3.8, 4) is 0 Å². The van der Waals surface area contributed by atoms with E-state index in [0.717, 1.165) is 12.1 Å². The molecule has 0 amide bonds. The Morgan fingerprint density at radius 1 is 1.41 bits per heavy atom. The smallest absolute Gasteiger partial charge is 0.336 e. The van der Waals surface area contributed by atoms with E-state index in [4.69, 9.17) is 9.84 Å². The molecule has 17 heavy (non-hydrogen) atoms. The predicted octanol–water partition coefficient (Wildman–Crippen LogP) is 1.85. The van der Waals surface area contributed by atoms with Crippen LogP contribution in [-0.4, -0.2) is 42.8 Å². The molecular weight excluding hydrogens is 218 g/mol. The molecule has 4 nitrogen and oxygen atoms in total. The molecule has 0 heterocycles. The summed E-state index contributed by atoms with van der Waals surface area (Å²) in [7, 11) is 1.96. The van der Waals surface area contributed by atoms with Gasteiger partial charge in [-0.3, -0.25) is 4.90 Å². The summed E-state index contributed by atoms with van der Waals surface area (Å²) in [6.45, 7) is 4.75. The van der Waals surface area contributed by atoms with Crippen LogP contribution in [0.3, 0.4) is 0 Å². The number of ether oxygens (including phenoxy) is 1. The molecule has 0 saturated carbocycles. The monoisotopic (exact) mass is 237 g/mol. The first-order valence-electron chi connectivity index (χ1n) is 5.72. The van der Waals surface area contributed by atoms with Crippen molar-refractivity contribution in [1.29, 1.82) is 0 Å². The van der Waals surface area contributed by atoms with Crippen molar-refractivity contribution in [2.24, 2.45) is 0 Å².